The van der Waals surface area contributed by atoms with Gasteiger partial charge in [-0.25, -0.2) is 9.78 Å². The van der Waals surface area contributed by atoms with Crippen molar-refractivity contribution < 1.29 is 9.90 Å². The predicted octanol–water partition coefficient (Wildman–Crippen LogP) is 2.01. The topological polar surface area (TPSA) is 96.2 Å². The second-order valence-electron chi connectivity index (χ2n) is 5.92. The molecule has 9 heteroatoms. The van der Waals surface area contributed by atoms with Crippen molar-refractivity contribution in [2.45, 2.75) is 12.8 Å². The monoisotopic (exact) mass is 350 g/mol. The average molecular weight is 351 g/mol. The van der Waals surface area contributed by atoms with E-state index in [0.29, 0.717) is 6.54 Å². The quantitative estimate of drug-likeness (QED) is 0.819. The van der Waals surface area contributed by atoms with Crippen molar-refractivity contribution in [2.24, 2.45) is 13.0 Å². The minimum absolute atomic E-state index is 0.198. The van der Waals surface area contributed by atoms with Crippen LogP contribution in [0.3, 0.4) is 0 Å². The van der Waals surface area contributed by atoms with Gasteiger partial charge in [0.05, 0.1) is 6.20 Å². The van der Waals surface area contributed by atoms with E-state index in [-0.39, 0.29) is 11.2 Å². The maximum atomic E-state index is 10.7. The first-order valence-electron chi connectivity index (χ1n) is 7.76. The number of aromatic nitrogens is 4. The molecule has 0 radical (unpaired) electrons. The van der Waals surface area contributed by atoms with Crippen molar-refractivity contribution in [3.8, 4) is 11.1 Å². The number of amides is 1. The third kappa shape index (κ3) is 3.76. The zero-order chi connectivity index (χ0) is 17.1. The summed E-state index contributed by atoms with van der Waals surface area (Å²) >= 11 is 6.01. The van der Waals surface area contributed by atoms with E-state index in [9.17, 15) is 4.79 Å². The Kier molecular flexibility index (Phi) is 4.84. The molecule has 24 heavy (non-hydrogen) atoms. The third-order valence-electron chi connectivity index (χ3n) is 4.12. The summed E-state index contributed by atoms with van der Waals surface area (Å²) in [6.45, 7) is 2.01. The molecule has 1 aliphatic rings. The van der Waals surface area contributed by atoms with E-state index in [2.05, 4.69) is 25.3 Å². The van der Waals surface area contributed by atoms with Crippen molar-refractivity contribution >= 4 is 23.5 Å². The number of hydrogen-bond acceptors (Lipinski definition) is 5. The molecular weight excluding hydrogens is 332 g/mol. The molecule has 0 saturated carbocycles. The molecule has 2 N–H and O–H groups in total. The number of piperidine rings is 1. The molecule has 128 valence electrons. The van der Waals surface area contributed by atoms with Crippen LogP contribution in [0.5, 0.6) is 0 Å². The SMILES string of the molecule is Cn1cc(-c2cnc(Cl)nc2N2CCCC(CNC(=O)O)C2)cn1. The molecule has 1 amide bonds. The highest BCUT2D eigenvalue weighted by molar-refractivity contribution is 6.28. The smallest absolute Gasteiger partial charge is 0.404 e. The normalized spacial score (nSPS) is 17.8. The van der Waals surface area contributed by atoms with Crippen LogP contribution in [-0.4, -0.2) is 50.6 Å². The van der Waals surface area contributed by atoms with Gasteiger partial charge in [0.15, 0.2) is 0 Å². The molecule has 3 heterocycles. The Hall–Kier alpha value is -2.35. The van der Waals surface area contributed by atoms with E-state index in [4.69, 9.17) is 16.7 Å². The number of nitrogens with zero attached hydrogens (tertiary/aromatic N) is 5. The number of halogens is 1. The minimum atomic E-state index is -0.992. The van der Waals surface area contributed by atoms with E-state index in [1.165, 1.54) is 0 Å². The van der Waals surface area contributed by atoms with Crippen molar-refractivity contribution in [3.05, 3.63) is 23.9 Å². The highest BCUT2D eigenvalue weighted by Crippen LogP contribution is 2.31. The Morgan fingerprint density at radius 1 is 1.50 bits per heavy atom. The second kappa shape index (κ2) is 7.04. The summed E-state index contributed by atoms with van der Waals surface area (Å²) in [5.74, 6) is 1.01. The average Bonchev–Trinajstić information content (AvgIpc) is 2.99. The van der Waals surface area contributed by atoms with Gasteiger partial charge in [0.2, 0.25) is 5.28 Å². The van der Waals surface area contributed by atoms with Crippen LogP contribution in [0.15, 0.2) is 18.6 Å². The van der Waals surface area contributed by atoms with Gasteiger partial charge in [-0.05, 0) is 30.4 Å². The molecule has 0 aromatic carbocycles. The summed E-state index contributed by atoms with van der Waals surface area (Å²) in [5.41, 5.74) is 1.80. The summed E-state index contributed by atoms with van der Waals surface area (Å²) < 4.78 is 1.73. The van der Waals surface area contributed by atoms with Crippen LogP contribution in [0.2, 0.25) is 5.28 Å². The maximum absolute atomic E-state index is 10.7. The molecule has 1 fully saturated rings. The van der Waals surface area contributed by atoms with Crippen LogP contribution in [0, 0.1) is 5.92 Å². The number of rotatable bonds is 4. The maximum Gasteiger partial charge on any atom is 0.404 e. The number of nitrogens with one attached hydrogen (secondary N) is 1. The van der Waals surface area contributed by atoms with Gasteiger partial charge < -0.3 is 15.3 Å². The second-order valence-corrected chi connectivity index (χ2v) is 6.26. The van der Waals surface area contributed by atoms with Crippen LogP contribution in [0.1, 0.15) is 12.8 Å². The van der Waals surface area contributed by atoms with Gasteiger partial charge in [-0.3, -0.25) is 4.68 Å². The van der Waals surface area contributed by atoms with Gasteiger partial charge in [0.25, 0.3) is 0 Å². The standard InChI is InChI=1S/C15H19ClN6O2/c1-21-9-11(6-19-21)12-7-17-14(16)20-13(12)22-4-2-3-10(8-22)5-18-15(23)24/h6-7,9-10,18H,2-5,8H2,1H3,(H,23,24). The fourth-order valence-corrected chi connectivity index (χ4v) is 3.14. The van der Waals surface area contributed by atoms with E-state index < -0.39 is 6.09 Å². The van der Waals surface area contributed by atoms with Gasteiger partial charge in [-0.15, -0.1) is 0 Å². The zero-order valence-electron chi connectivity index (χ0n) is 13.3. The minimum Gasteiger partial charge on any atom is -0.465 e. The lowest BCUT2D eigenvalue weighted by molar-refractivity contribution is 0.191. The Morgan fingerprint density at radius 2 is 2.33 bits per heavy atom. The van der Waals surface area contributed by atoms with Crippen molar-refractivity contribution in [2.75, 3.05) is 24.5 Å². The molecule has 1 aliphatic heterocycles. The molecule has 1 atom stereocenters. The van der Waals surface area contributed by atoms with Crippen LogP contribution in [0.25, 0.3) is 11.1 Å². The lowest BCUT2D eigenvalue weighted by Crippen LogP contribution is -2.41. The fourth-order valence-electron chi connectivity index (χ4n) is 3.01. The highest BCUT2D eigenvalue weighted by atomic mass is 35.5. The lowest BCUT2D eigenvalue weighted by Gasteiger charge is -2.34. The van der Waals surface area contributed by atoms with Crippen LogP contribution in [-0.2, 0) is 7.05 Å². The number of carbonyl (C=O) groups is 1. The molecule has 0 spiro atoms. The Labute approximate surface area is 144 Å². The Bertz CT molecular complexity index is 735. The van der Waals surface area contributed by atoms with Crippen molar-refractivity contribution in [3.63, 3.8) is 0 Å². The van der Waals surface area contributed by atoms with Gasteiger partial charge in [0.1, 0.15) is 5.82 Å². The molecule has 1 saturated heterocycles. The summed E-state index contributed by atoms with van der Waals surface area (Å²) in [6, 6.07) is 0. The van der Waals surface area contributed by atoms with Gasteiger partial charge in [0, 0.05) is 50.2 Å². The number of carboxylic acid groups (broad SMARTS) is 1. The summed E-state index contributed by atoms with van der Waals surface area (Å²) in [5, 5.41) is 15.7. The summed E-state index contributed by atoms with van der Waals surface area (Å²) in [6.07, 6.45) is 6.35. The van der Waals surface area contributed by atoms with E-state index in [0.717, 1.165) is 42.9 Å². The molecule has 3 rings (SSSR count). The molecule has 0 bridgehead atoms. The largest absolute Gasteiger partial charge is 0.465 e. The summed E-state index contributed by atoms with van der Waals surface area (Å²) in [4.78, 5) is 21.4. The van der Waals surface area contributed by atoms with Gasteiger partial charge >= 0.3 is 6.09 Å². The van der Waals surface area contributed by atoms with Crippen LogP contribution >= 0.6 is 11.6 Å². The third-order valence-corrected chi connectivity index (χ3v) is 4.30. The first-order valence-corrected chi connectivity index (χ1v) is 8.14. The fraction of sp³-hybridized carbons (Fsp3) is 0.467. The number of aryl methyl sites for hydroxylation is 1. The van der Waals surface area contributed by atoms with E-state index in [1.807, 2.05) is 13.2 Å². The predicted molar refractivity (Wildman–Crippen MR) is 90.2 cm³/mol. The lowest BCUT2D eigenvalue weighted by atomic mass is 9.97. The molecule has 2 aromatic rings. The zero-order valence-corrected chi connectivity index (χ0v) is 14.1. The number of anilines is 1. The van der Waals surface area contributed by atoms with E-state index in [1.54, 1.807) is 17.1 Å². The first kappa shape index (κ1) is 16.5. The summed E-state index contributed by atoms with van der Waals surface area (Å²) in [7, 11) is 1.86. The van der Waals surface area contributed by atoms with E-state index >= 15 is 0 Å². The molecule has 8 nitrogen and oxygen atoms in total. The Morgan fingerprint density at radius 3 is 3.04 bits per heavy atom. The Balaban J connectivity index is 1.85. The molecule has 1 unspecified atom stereocenters. The number of hydrogen-bond donors (Lipinski definition) is 2. The molecule has 0 aliphatic carbocycles. The van der Waals surface area contributed by atoms with Crippen molar-refractivity contribution in [1.29, 1.82) is 0 Å². The van der Waals surface area contributed by atoms with Gasteiger partial charge in [-0.2, -0.15) is 10.1 Å². The molecule has 2 aromatic heterocycles. The molecular formula is C15H19ClN6O2. The van der Waals surface area contributed by atoms with Crippen LogP contribution in [0.4, 0.5) is 10.6 Å². The van der Waals surface area contributed by atoms with Crippen LogP contribution < -0.4 is 10.2 Å². The van der Waals surface area contributed by atoms with Gasteiger partial charge in [-0.1, -0.05) is 0 Å². The highest BCUT2D eigenvalue weighted by Gasteiger charge is 2.24. The first-order chi connectivity index (χ1) is 11.5. The van der Waals surface area contributed by atoms with Crippen molar-refractivity contribution in [1.82, 2.24) is 25.1 Å².